The normalized spacial score (nSPS) is 18.6. The van der Waals surface area contributed by atoms with Crippen molar-refractivity contribution in [3.8, 4) is 0 Å². The molecule has 1 atom stereocenters. The number of hydrogen-bond acceptors (Lipinski definition) is 4. The molecular formula is C13H20N4O3. The molecule has 2 heterocycles. The van der Waals surface area contributed by atoms with Crippen molar-refractivity contribution in [1.82, 2.24) is 20.2 Å². The maximum atomic E-state index is 12.0. The van der Waals surface area contributed by atoms with Crippen LogP contribution in [0.2, 0.25) is 0 Å². The van der Waals surface area contributed by atoms with Crippen molar-refractivity contribution < 1.29 is 14.3 Å². The number of rotatable bonds is 7. The van der Waals surface area contributed by atoms with Gasteiger partial charge in [0.25, 0.3) is 0 Å². The number of methoxy groups -OCH3 is 1. The van der Waals surface area contributed by atoms with Crippen LogP contribution >= 0.6 is 0 Å². The maximum absolute atomic E-state index is 12.0. The zero-order valence-corrected chi connectivity index (χ0v) is 11.6. The van der Waals surface area contributed by atoms with Crippen LogP contribution in [-0.4, -0.2) is 60.0 Å². The van der Waals surface area contributed by atoms with E-state index in [1.807, 2.05) is 0 Å². The number of aromatic nitrogens is 2. The first-order valence-corrected chi connectivity index (χ1v) is 6.72. The fourth-order valence-electron chi connectivity index (χ4n) is 2.25. The van der Waals surface area contributed by atoms with Gasteiger partial charge in [-0.2, -0.15) is 0 Å². The van der Waals surface area contributed by atoms with Gasteiger partial charge in [0.1, 0.15) is 0 Å². The maximum Gasteiger partial charge on any atom is 0.225 e. The SMILES string of the molecule is COCCN1CC(C(=O)NCCc2cnc[nH]2)CC1=O. The van der Waals surface area contributed by atoms with Crippen molar-refractivity contribution in [2.45, 2.75) is 12.8 Å². The molecule has 2 amide bonds. The molecule has 1 aromatic rings. The summed E-state index contributed by atoms with van der Waals surface area (Å²) in [6, 6.07) is 0. The summed E-state index contributed by atoms with van der Waals surface area (Å²) in [5, 5.41) is 2.86. The number of carbonyl (C=O) groups is 2. The van der Waals surface area contributed by atoms with Gasteiger partial charge in [-0.1, -0.05) is 0 Å². The first-order chi connectivity index (χ1) is 9.70. The summed E-state index contributed by atoms with van der Waals surface area (Å²) in [5.41, 5.74) is 0.981. The fourth-order valence-corrected chi connectivity index (χ4v) is 2.25. The molecule has 20 heavy (non-hydrogen) atoms. The summed E-state index contributed by atoms with van der Waals surface area (Å²) >= 11 is 0. The van der Waals surface area contributed by atoms with Crippen molar-refractivity contribution in [3.63, 3.8) is 0 Å². The molecule has 7 nitrogen and oxygen atoms in total. The predicted molar refractivity (Wildman–Crippen MR) is 71.9 cm³/mol. The number of nitrogens with one attached hydrogen (secondary N) is 2. The van der Waals surface area contributed by atoms with E-state index in [0.717, 1.165) is 5.69 Å². The van der Waals surface area contributed by atoms with Gasteiger partial charge in [-0.25, -0.2) is 4.98 Å². The molecule has 1 aromatic heterocycles. The van der Waals surface area contributed by atoms with E-state index in [1.165, 1.54) is 0 Å². The molecule has 0 aromatic carbocycles. The summed E-state index contributed by atoms with van der Waals surface area (Å²) in [6.07, 6.45) is 4.34. The Morgan fingerprint density at radius 3 is 3.20 bits per heavy atom. The molecule has 1 aliphatic rings. The molecule has 0 radical (unpaired) electrons. The van der Waals surface area contributed by atoms with E-state index < -0.39 is 0 Å². The van der Waals surface area contributed by atoms with Crippen LogP contribution in [0.4, 0.5) is 0 Å². The van der Waals surface area contributed by atoms with Gasteiger partial charge in [0, 0.05) is 51.5 Å². The van der Waals surface area contributed by atoms with Gasteiger partial charge < -0.3 is 19.9 Å². The average Bonchev–Trinajstić information content (AvgIpc) is 3.06. The highest BCUT2D eigenvalue weighted by Gasteiger charge is 2.33. The van der Waals surface area contributed by atoms with Gasteiger partial charge in [0.05, 0.1) is 18.9 Å². The second kappa shape index (κ2) is 7.04. The van der Waals surface area contributed by atoms with Crippen LogP contribution in [0.15, 0.2) is 12.5 Å². The number of likely N-dealkylation sites (tertiary alicyclic amines) is 1. The molecule has 7 heteroatoms. The number of ether oxygens (including phenoxy) is 1. The first kappa shape index (κ1) is 14.5. The summed E-state index contributed by atoms with van der Waals surface area (Å²) in [6.45, 7) is 2.08. The third kappa shape index (κ3) is 3.80. The molecule has 1 unspecified atom stereocenters. The van der Waals surface area contributed by atoms with E-state index in [4.69, 9.17) is 4.74 Å². The molecule has 0 aliphatic carbocycles. The Bertz CT molecular complexity index is 446. The fraction of sp³-hybridized carbons (Fsp3) is 0.615. The van der Waals surface area contributed by atoms with Crippen molar-refractivity contribution in [1.29, 1.82) is 0 Å². The highest BCUT2D eigenvalue weighted by molar-refractivity contribution is 5.89. The summed E-state index contributed by atoms with van der Waals surface area (Å²) in [5.74, 6) is -0.283. The van der Waals surface area contributed by atoms with E-state index in [2.05, 4.69) is 15.3 Å². The topological polar surface area (TPSA) is 87.3 Å². The smallest absolute Gasteiger partial charge is 0.225 e. The molecule has 0 bridgehead atoms. The van der Waals surface area contributed by atoms with Crippen molar-refractivity contribution in [2.75, 3.05) is 33.4 Å². The minimum Gasteiger partial charge on any atom is -0.383 e. The highest BCUT2D eigenvalue weighted by Crippen LogP contribution is 2.17. The second-order valence-corrected chi connectivity index (χ2v) is 4.85. The molecule has 0 spiro atoms. The van der Waals surface area contributed by atoms with E-state index in [9.17, 15) is 9.59 Å². The predicted octanol–water partition coefficient (Wildman–Crippen LogP) is -0.437. The second-order valence-electron chi connectivity index (χ2n) is 4.85. The number of amides is 2. The molecule has 2 rings (SSSR count). The van der Waals surface area contributed by atoms with E-state index in [-0.39, 0.29) is 17.7 Å². The number of hydrogen-bond donors (Lipinski definition) is 2. The zero-order valence-electron chi connectivity index (χ0n) is 11.6. The van der Waals surface area contributed by atoms with E-state index >= 15 is 0 Å². The van der Waals surface area contributed by atoms with Crippen LogP contribution in [0, 0.1) is 5.92 Å². The molecule has 0 saturated carbocycles. The Hall–Kier alpha value is -1.89. The van der Waals surface area contributed by atoms with Crippen LogP contribution in [0.25, 0.3) is 0 Å². The minimum absolute atomic E-state index is 0.0239. The lowest BCUT2D eigenvalue weighted by atomic mass is 10.1. The Balaban J connectivity index is 1.71. The molecule has 1 aliphatic heterocycles. The molecular weight excluding hydrogens is 260 g/mol. The lowest BCUT2D eigenvalue weighted by Gasteiger charge is -2.15. The van der Waals surface area contributed by atoms with E-state index in [1.54, 1.807) is 24.5 Å². The largest absolute Gasteiger partial charge is 0.383 e. The number of H-pyrrole nitrogens is 1. The third-order valence-corrected chi connectivity index (χ3v) is 3.40. The van der Waals surface area contributed by atoms with Gasteiger partial charge in [-0.05, 0) is 0 Å². The molecule has 110 valence electrons. The number of nitrogens with zero attached hydrogens (tertiary/aromatic N) is 2. The minimum atomic E-state index is -0.249. The quantitative estimate of drug-likeness (QED) is 0.709. The Morgan fingerprint density at radius 2 is 2.50 bits per heavy atom. The van der Waals surface area contributed by atoms with Crippen LogP contribution < -0.4 is 5.32 Å². The van der Waals surface area contributed by atoms with Crippen LogP contribution in [-0.2, 0) is 20.7 Å². The van der Waals surface area contributed by atoms with E-state index in [0.29, 0.717) is 39.1 Å². The standard InChI is InChI=1S/C13H20N4O3/c1-20-5-4-17-8-10(6-12(17)18)13(19)15-3-2-11-7-14-9-16-11/h7,9-10H,2-6,8H2,1H3,(H,14,16)(H,15,19). The zero-order chi connectivity index (χ0) is 14.4. The average molecular weight is 280 g/mol. The van der Waals surface area contributed by atoms with Crippen molar-refractivity contribution in [3.05, 3.63) is 18.2 Å². The Labute approximate surface area is 117 Å². The summed E-state index contributed by atoms with van der Waals surface area (Å²) in [4.78, 5) is 32.3. The summed E-state index contributed by atoms with van der Waals surface area (Å²) < 4.78 is 4.95. The molecule has 1 fully saturated rings. The number of aromatic amines is 1. The molecule has 2 N–H and O–H groups in total. The van der Waals surface area contributed by atoms with Gasteiger partial charge in [0.2, 0.25) is 11.8 Å². The Kier molecular flexibility index (Phi) is 5.11. The van der Waals surface area contributed by atoms with Gasteiger partial charge >= 0.3 is 0 Å². The number of carbonyl (C=O) groups excluding carboxylic acids is 2. The first-order valence-electron chi connectivity index (χ1n) is 6.72. The lowest BCUT2D eigenvalue weighted by Crippen LogP contribution is -2.34. The molecule has 1 saturated heterocycles. The Morgan fingerprint density at radius 1 is 1.65 bits per heavy atom. The van der Waals surface area contributed by atoms with Gasteiger partial charge in [-0.15, -0.1) is 0 Å². The third-order valence-electron chi connectivity index (χ3n) is 3.40. The van der Waals surface area contributed by atoms with Crippen LogP contribution in [0.1, 0.15) is 12.1 Å². The highest BCUT2D eigenvalue weighted by atomic mass is 16.5. The lowest BCUT2D eigenvalue weighted by molar-refractivity contribution is -0.129. The van der Waals surface area contributed by atoms with Gasteiger partial charge in [0.15, 0.2) is 0 Å². The summed E-state index contributed by atoms with van der Waals surface area (Å²) in [7, 11) is 1.60. The number of imidazole rings is 1. The van der Waals surface area contributed by atoms with Crippen LogP contribution in [0.3, 0.4) is 0 Å². The van der Waals surface area contributed by atoms with Crippen molar-refractivity contribution >= 4 is 11.8 Å². The van der Waals surface area contributed by atoms with Crippen molar-refractivity contribution in [2.24, 2.45) is 5.92 Å². The van der Waals surface area contributed by atoms with Gasteiger partial charge in [-0.3, -0.25) is 9.59 Å². The van der Waals surface area contributed by atoms with Crippen LogP contribution in [0.5, 0.6) is 0 Å². The monoisotopic (exact) mass is 280 g/mol.